The fourth-order valence-electron chi connectivity index (χ4n) is 5.40. The lowest BCUT2D eigenvalue weighted by Crippen LogP contribution is -2.40. The maximum absolute atomic E-state index is 14.2. The van der Waals surface area contributed by atoms with Crippen LogP contribution < -0.4 is 10.3 Å². The van der Waals surface area contributed by atoms with E-state index in [2.05, 4.69) is 16.0 Å². The molecule has 1 amide bonds. The second kappa shape index (κ2) is 11.6. The fraction of sp³-hybridized carbons (Fsp3) is 0.323. The molecule has 9 nitrogen and oxygen atoms in total. The van der Waals surface area contributed by atoms with Gasteiger partial charge in [0.05, 0.1) is 18.3 Å². The molecule has 0 bridgehead atoms. The summed E-state index contributed by atoms with van der Waals surface area (Å²) >= 11 is 0. The van der Waals surface area contributed by atoms with Gasteiger partial charge in [0.2, 0.25) is 0 Å². The summed E-state index contributed by atoms with van der Waals surface area (Å²) in [5.41, 5.74) is 2.48. The van der Waals surface area contributed by atoms with Crippen LogP contribution in [0.15, 0.2) is 53.8 Å². The van der Waals surface area contributed by atoms with Crippen molar-refractivity contribution >= 4 is 5.91 Å². The second-order valence-corrected chi connectivity index (χ2v) is 10.2. The van der Waals surface area contributed by atoms with Gasteiger partial charge in [0.1, 0.15) is 23.2 Å². The Morgan fingerprint density at radius 2 is 1.88 bits per heavy atom. The molecule has 11 heteroatoms. The Morgan fingerprint density at radius 1 is 1.12 bits per heavy atom. The van der Waals surface area contributed by atoms with Crippen LogP contribution in [0.3, 0.4) is 0 Å². The largest absolute Gasteiger partial charge is 0.492 e. The van der Waals surface area contributed by atoms with Gasteiger partial charge in [-0.05, 0) is 56.0 Å². The van der Waals surface area contributed by atoms with Gasteiger partial charge in [-0.15, -0.1) is 0 Å². The summed E-state index contributed by atoms with van der Waals surface area (Å²) in [6.45, 7) is 6.60. The van der Waals surface area contributed by atoms with Crippen LogP contribution in [0, 0.1) is 18.3 Å². The third-order valence-electron chi connectivity index (χ3n) is 7.67. The summed E-state index contributed by atoms with van der Waals surface area (Å²) in [5, 5.41) is 9.41. The normalized spacial score (nSPS) is 13.7. The van der Waals surface area contributed by atoms with Crippen molar-refractivity contribution in [1.29, 1.82) is 5.26 Å². The molecule has 0 radical (unpaired) electrons. The number of nitriles is 1. The van der Waals surface area contributed by atoms with Gasteiger partial charge in [-0.2, -0.15) is 5.26 Å². The number of ether oxygens (including phenoxy) is 1. The smallest absolute Gasteiger partial charge is 0.264 e. The zero-order chi connectivity index (χ0) is 30.1. The first-order valence-corrected chi connectivity index (χ1v) is 13.6. The summed E-state index contributed by atoms with van der Waals surface area (Å²) in [6, 6.07) is 7.89. The fourth-order valence-corrected chi connectivity index (χ4v) is 5.40. The van der Waals surface area contributed by atoms with Crippen molar-refractivity contribution in [2.75, 3.05) is 13.2 Å². The number of carbonyl (C=O) groups is 1. The van der Waals surface area contributed by atoms with Gasteiger partial charge in [-0.3, -0.25) is 14.6 Å². The number of fused-ring (bicyclic) bond motifs is 1. The Balaban J connectivity index is 1.63. The number of nitrogens with zero attached hydrogens (tertiary/aromatic N) is 6. The van der Waals surface area contributed by atoms with Crippen molar-refractivity contribution in [3.8, 4) is 22.9 Å². The first kappa shape index (κ1) is 28.7. The second-order valence-electron chi connectivity index (χ2n) is 10.2. The lowest BCUT2D eigenvalue weighted by atomic mass is 9.86. The summed E-state index contributed by atoms with van der Waals surface area (Å²) in [4.78, 5) is 36.8. The van der Waals surface area contributed by atoms with E-state index in [0.29, 0.717) is 59.8 Å². The number of carbonyl (C=O) groups excluding carboxylic acids is 1. The van der Waals surface area contributed by atoms with Crippen LogP contribution >= 0.6 is 0 Å². The van der Waals surface area contributed by atoms with Crippen molar-refractivity contribution in [2.45, 2.75) is 46.2 Å². The van der Waals surface area contributed by atoms with Gasteiger partial charge in [0.15, 0.2) is 0 Å². The third-order valence-corrected chi connectivity index (χ3v) is 7.67. The SMILES string of the molecule is CCOc1cc([C@H](C)N2CCc3c(cc(Cn4ccnc4C)cc3-c3cn(C)c(=O)cc3C(F)F)C2=O)ncc1C#N. The summed E-state index contributed by atoms with van der Waals surface area (Å²) in [7, 11) is 1.52. The molecule has 42 heavy (non-hydrogen) atoms. The van der Waals surface area contributed by atoms with Crippen molar-refractivity contribution in [1.82, 2.24) is 24.0 Å². The molecule has 1 atom stereocenters. The first-order chi connectivity index (χ1) is 20.1. The van der Waals surface area contributed by atoms with Crippen molar-refractivity contribution in [3.05, 3.63) is 98.7 Å². The predicted molar refractivity (Wildman–Crippen MR) is 151 cm³/mol. The summed E-state index contributed by atoms with van der Waals surface area (Å²) < 4.78 is 37.2. The third kappa shape index (κ3) is 5.28. The van der Waals surface area contributed by atoms with Gasteiger partial charge in [0, 0.05) is 73.7 Å². The highest BCUT2D eigenvalue weighted by Gasteiger charge is 2.33. The van der Waals surface area contributed by atoms with E-state index in [1.807, 2.05) is 37.6 Å². The van der Waals surface area contributed by atoms with Gasteiger partial charge >= 0.3 is 0 Å². The molecule has 0 saturated heterocycles. The van der Waals surface area contributed by atoms with E-state index >= 15 is 0 Å². The van der Waals surface area contributed by atoms with Gasteiger partial charge < -0.3 is 18.8 Å². The van der Waals surface area contributed by atoms with E-state index in [9.17, 15) is 23.6 Å². The molecule has 0 aliphatic carbocycles. The number of alkyl halides is 2. The van der Waals surface area contributed by atoms with E-state index < -0.39 is 18.0 Å². The van der Waals surface area contributed by atoms with Gasteiger partial charge in [-0.1, -0.05) is 0 Å². The van der Waals surface area contributed by atoms with Crippen molar-refractivity contribution in [3.63, 3.8) is 0 Å². The Kier molecular flexibility index (Phi) is 7.89. The van der Waals surface area contributed by atoms with E-state index in [1.165, 1.54) is 24.0 Å². The highest BCUT2D eigenvalue weighted by molar-refractivity contribution is 5.99. The molecule has 216 valence electrons. The highest BCUT2D eigenvalue weighted by Crippen LogP contribution is 2.38. The zero-order valence-corrected chi connectivity index (χ0v) is 23.8. The molecule has 0 fully saturated rings. The van der Waals surface area contributed by atoms with Crippen LogP contribution in [0.4, 0.5) is 8.78 Å². The number of halogens is 2. The Hall–Kier alpha value is -4.85. The predicted octanol–water partition coefficient (Wildman–Crippen LogP) is 4.97. The zero-order valence-electron chi connectivity index (χ0n) is 23.8. The minimum atomic E-state index is -2.87. The lowest BCUT2D eigenvalue weighted by Gasteiger charge is -2.35. The number of amides is 1. The molecule has 0 saturated carbocycles. The number of aryl methyl sites for hydroxylation is 2. The van der Waals surface area contributed by atoms with Crippen molar-refractivity contribution in [2.24, 2.45) is 7.05 Å². The molecule has 1 aliphatic heterocycles. The molecule has 0 unspecified atom stereocenters. The number of benzene rings is 1. The number of rotatable bonds is 8. The van der Waals surface area contributed by atoms with Crippen LogP contribution in [0.5, 0.6) is 5.75 Å². The summed E-state index contributed by atoms with van der Waals surface area (Å²) in [6.07, 6.45) is 3.88. The van der Waals surface area contributed by atoms with Crippen molar-refractivity contribution < 1.29 is 18.3 Å². The molecule has 0 N–H and O–H groups in total. The van der Waals surface area contributed by atoms with E-state index in [4.69, 9.17) is 4.74 Å². The first-order valence-electron chi connectivity index (χ1n) is 13.6. The topological polar surface area (TPSA) is 106 Å². The number of imidazole rings is 1. The number of pyridine rings is 2. The lowest BCUT2D eigenvalue weighted by molar-refractivity contribution is 0.0669. The maximum Gasteiger partial charge on any atom is 0.264 e. The van der Waals surface area contributed by atoms with E-state index in [1.54, 1.807) is 23.2 Å². The van der Waals surface area contributed by atoms with Crippen LogP contribution in [-0.2, 0) is 20.0 Å². The summed E-state index contributed by atoms with van der Waals surface area (Å²) in [5.74, 6) is 0.904. The molecule has 3 aromatic heterocycles. The molecule has 0 spiro atoms. The quantitative estimate of drug-likeness (QED) is 0.295. The number of aromatic nitrogens is 4. The molecule has 1 aromatic carbocycles. The average Bonchev–Trinajstić information content (AvgIpc) is 3.37. The number of hydrogen-bond acceptors (Lipinski definition) is 6. The minimum Gasteiger partial charge on any atom is -0.492 e. The van der Waals surface area contributed by atoms with Gasteiger partial charge in [-0.25, -0.2) is 13.8 Å². The highest BCUT2D eigenvalue weighted by atomic mass is 19.3. The standard InChI is InChI=1S/C31H30F2N6O3/c1-5-42-28-13-27(36-15-21(28)14-34)18(2)39-8-6-22-23(26-17-37(4)29(40)12-24(26)30(32)33)10-20(11-25(22)31(39)41)16-38-9-7-35-19(38)3/h7,9-13,15,17-18,30H,5-6,8,16H2,1-4H3/t18-/m0/s1. The molecule has 4 heterocycles. The van der Waals surface area contributed by atoms with E-state index in [-0.39, 0.29) is 17.0 Å². The molecular weight excluding hydrogens is 542 g/mol. The molecule has 1 aliphatic rings. The van der Waals surface area contributed by atoms with Crippen LogP contribution in [0.1, 0.15) is 70.4 Å². The molecule has 5 rings (SSSR count). The average molecular weight is 573 g/mol. The molecule has 4 aromatic rings. The van der Waals surface area contributed by atoms with Crippen LogP contribution in [-0.4, -0.2) is 43.1 Å². The number of hydrogen-bond donors (Lipinski definition) is 0. The monoisotopic (exact) mass is 572 g/mol. The Labute approximate surface area is 241 Å². The Morgan fingerprint density at radius 3 is 2.55 bits per heavy atom. The van der Waals surface area contributed by atoms with Crippen LogP contribution in [0.25, 0.3) is 11.1 Å². The molecular formula is C31H30F2N6O3. The Bertz CT molecular complexity index is 1770. The van der Waals surface area contributed by atoms with E-state index in [0.717, 1.165) is 17.5 Å². The maximum atomic E-state index is 14.2. The van der Waals surface area contributed by atoms with Gasteiger partial charge in [0.25, 0.3) is 17.9 Å². The minimum absolute atomic E-state index is 0.219. The van der Waals surface area contributed by atoms with Crippen LogP contribution in [0.2, 0.25) is 0 Å².